The Bertz CT molecular complexity index is 430. The third-order valence-electron chi connectivity index (χ3n) is 3.72. The number of nitrogens with one attached hydrogen (secondary N) is 1. The molecule has 0 bridgehead atoms. The van der Waals surface area contributed by atoms with E-state index < -0.39 is 0 Å². The van der Waals surface area contributed by atoms with Crippen molar-refractivity contribution in [2.45, 2.75) is 19.8 Å². The Morgan fingerprint density at radius 2 is 2.16 bits per heavy atom. The lowest BCUT2D eigenvalue weighted by Gasteiger charge is -2.30. The number of anilines is 1. The van der Waals surface area contributed by atoms with Gasteiger partial charge in [0.05, 0.1) is 4.92 Å². The molecule has 0 amide bonds. The van der Waals surface area contributed by atoms with Crippen LogP contribution in [0.5, 0.6) is 0 Å². The normalized spacial score (nSPS) is 16.3. The number of rotatable bonds is 5. The average Bonchev–Trinajstić information content (AvgIpc) is 2.46. The molecule has 1 aliphatic heterocycles. The third-order valence-corrected chi connectivity index (χ3v) is 3.72. The second-order valence-corrected chi connectivity index (χ2v) is 5.01. The Morgan fingerprint density at radius 1 is 1.42 bits per heavy atom. The lowest BCUT2D eigenvalue weighted by molar-refractivity contribution is -0.384. The van der Waals surface area contributed by atoms with Gasteiger partial charge in [0.15, 0.2) is 0 Å². The van der Waals surface area contributed by atoms with Crippen molar-refractivity contribution in [1.29, 1.82) is 0 Å². The SMILES string of the molecule is CCN(CC1CCNCC1)c1cccc([N+](=O)[O-])c1. The van der Waals surface area contributed by atoms with Gasteiger partial charge in [-0.25, -0.2) is 0 Å². The van der Waals surface area contributed by atoms with Crippen LogP contribution in [-0.2, 0) is 0 Å². The minimum Gasteiger partial charge on any atom is -0.371 e. The number of hydrogen-bond donors (Lipinski definition) is 1. The summed E-state index contributed by atoms with van der Waals surface area (Å²) in [5.41, 5.74) is 1.12. The predicted octanol–water partition coefficient (Wildman–Crippen LogP) is 2.42. The van der Waals surface area contributed by atoms with Gasteiger partial charge >= 0.3 is 0 Å². The second-order valence-electron chi connectivity index (χ2n) is 5.01. The van der Waals surface area contributed by atoms with E-state index in [1.807, 2.05) is 6.07 Å². The van der Waals surface area contributed by atoms with Crippen molar-refractivity contribution in [2.24, 2.45) is 5.92 Å². The van der Waals surface area contributed by atoms with E-state index in [4.69, 9.17) is 0 Å². The molecular weight excluding hydrogens is 242 g/mol. The zero-order chi connectivity index (χ0) is 13.7. The van der Waals surface area contributed by atoms with E-state index in [9.17, 15) is 10.1 Å². The van der Waals surface area contributed by atoms with Gasteiger partial charge in [-0.3, -0.25) is 10.1 Å². The van der Waals surface area contributed by atoms with Crippen LogP contribution in [0.2, 0.25) is 0 Å². The molecule has 5 nitrogen and oxygen atoms in total. The van der Waals surface area contributed by atoms with Gasteiger partial charge in [-0.2, -0.15) is 0 Å². The zero-order valence-electron chi connectivity index (χ0n) is 11.3. The molecule has 0 atom stereocenters. The van der Waals surface area contributed by atoms with Crippen molar-refractivity contribution in [3.8, 4) is 0 Å². The summed E-state index contributed by atoms with van der Waals surface area (Å²) in [6, 6.07) is 6.93. The van der Waals surface area contributed by atoms with Crippen molar-refractivity contribution in [3.05, 3.63) is 34.4 Å². The maximum absolute atomic E-state index is 10.8. The third kappa shape index (κ3) is 3.67. The molecule has 0 aliphatic carbocycles. The molecule has 0 spiro atoms. The van der Waals surface area contributed by atoms with Crippen molar-refractivity contribution >= 4 is 11.4 Å². The van der Waals surface area contributed by atoms with Crippen molar-refractivity contribution in [1.82, 2.24) is 5.32 Å². The first-order valence-corrected chi connectivity index (χ1v) is 6.91. The summed E-state index contributed by atoms with van der Waals surface area (Å²) in [6.45, 7) is 6.12. The molecule has 5 heteroatoms. The molecule has 1 heterocycles. The summed E-state index contributed by atoms with van der Waals surface area (Å²) < 4.78 is 0. The lowest BCUT2D eigenvalue weighted by Crippen LogP contribution is -2.36. The minimum atomic E-state index is -0.331. The van der Waals surface area contributed by atoms with Gasteiger partial charge in [-0.15, -0.1) is 0 Å². The Kier molecular flexibility index (Phi) is 4.74. The summed E-state index contributed by atoms with van der Waals surface area (Å²) in [4.78, 5) is 12.7. The number of nitro groups is 1. The van der Waals surface area contributed by atoms with Gasteiger partial charge in [0.1, 0.15) is 0 Å². The number of hydrogen-bond acceptors (Lipinski definition) is 4. The fraction of sp³-hybridized carbons (Fsp3) is 0.571. The van der Waals surface area contributed by atoms with Crippen LogP contribution in [0.1, 0.15) is 19.8 Å². The molecule has 1 N–H and O–H groups in total. The summed E-state index contributed by atoms with van der Waals surface area (Å²) in [6.07, 6.45) is 2.37. The Morgan fingerprint density at radius 3 is 2.79 bits per heavy atom. The highest BCUT2D eigenvalue weighted by molar-refractivity contribution is 5.53. The van der Waals surface area contributed by atoms with Crippen LogP contribution in [0.3, 0.4) is 0 Å². The maximum atomic E-state index is 10.8. The first-order valence-electron chi connectivity index (χ1n) is 6.91. The number of benzene rings is 1. The van der Waals surface area contributed by atoms with E-state index >= 15 is 0 Å². The van der Waals surface area contributed by atoms with Gasteiger partial charge in [-0.05, 0) is 44.8 Å². The number of nitrogens with zero attached hydrogens (tertiary/aromatic N) is 2. The average molecular weight is 263 g/mol. The van der Waals surface area contributed by atoms with E-state index in [0.29, 0.717) is 5.92 Å². The summed E-state index contributed by atoms with van der Waals surface area (Å²) >= 11 is 0. The molecular formula is C14H21N3O2. The predicted molar refractivity (Wildman–Crippen MR) is 76.6 cm³/mol. The van der Waals surface area contributed by atoms with Gasteiger partial charge in [0.2, 0.25) is 0 Å². The molecule has 0 aromatic heterocycles. The van der Waals surface area contributed by atoms with Crippen LogP contribution >= 0.6 is 0 Å². The van der Waals surface area contributed by atoms with Gasteiger partial charge in [0.25, 0.3) is 5.69 Å². The summed E-state index contributed by atoms with van der Waals surface area (Å²) in [5, 5.41) is 14.2. The van der Waals surface area contributed by atoms with Crippen molar-refractivity contribution in [2.75, 3.05) is 31.1 Å². The van der Waals surface area contributed by atoms with Crippen LogP contribution in [0.4, 0.5) is 11.4 Å². The molecule has 1 fully saturated rings. The standard InChI is InChI=1S/C14H21N3O2/c1-2-16(11-12-6-8-15-9-7-12)13-4-3-5-14(10-13)17(18)19/h3-5,10,12,15H,2,6-9,11H2,1H3. The lowest BCUT2D eigenvalue weighted by atomic mass is 9.97. The zero-order valence-corrected chi connectivity index (χ0v) is 11.3. The topological polar surface area (TPSA) is 58.4 Å². The number of nitro benzene ring substituents is 1. The van der Waals surface area contributed by atoms with Crippen molar-refractivity contribution in [3.63, 3.8) is 0 Å². The first kappa shape index (κ1) is 13.8. The summed E-state index contributed by atoms with van der Waals surface area (Å²) in [7, 11) is 0. The fourth-order valence-electron chi connectivity index (χ4n) is 2.60. The second kappa shape index (κ2) is 6.52. The van der Waals surface area contributed by atoms with Crippen LogP contribution < -0.4 is 10.2 Å². The molecule has 0 saturated carbocycles. The van der Waals surface area contributed by atoms with Crippen molar-refractivity contribution < 1.29 is 4.92 Å². The first-order chi connectivity index (χ1) is 9.20. The van der Waals surface area contributed by atoms with Crippen LogP contribution in [0.25, 0.3) is 0 Å². The van der Waals surface area contributed by atoms with E-state index in [1.165, 1.54) is 12.8 Å². The van der Waals surface area contributed by atoms with E-state index in [2.05, 4.69) is 17.1 Å². The van der Waals surface area contributed by atoms with Gasteiger partial charge in [0, 0.05) is 30.9 Å². The highest BCUT2D eigenvalue weighted by Gasteiger charge is 2.17. The highest BCUT2D eigenvalue weighted by Crippen LogP contribution is 2.23. The smallest absolute Gasteiger partial charge is 0.271 e. The number of non-ortho nitro benzene ring substituents is 1. The van der Waals surface area contributed by atoms with Gasteiger partial charge in [-0.1, -0.05) is 6.07 Å². The van der Waals surface area contributed by atoms with E-state index in [0.717, 1.165) is 31.9 Å². The monoisotopic (exact) mass is 263 g/mol. The largest absolute Gasteiger partial charge is 0.371 e. The molecule has 19 heavy (non-hydrogen) atoms. The molecule has 2 rings (SSSR count). The Hall–Kier alpha value is -1.62. The molecule has 1 aromatic rings. The van der Waals surface area contributed by atoms with E-state index in [1.54, 1.807) is 18.2 Å². The molecule has 0 unspecified atom stereocenters. The Labute approximate surface area is 113 Å². The van der Waals surface area contributed by atoms with E-state index in [-0.39, 0.29) is 10.6 Å². The molecule has 0 radical (unpaired) electrons. The highest BCUT2D eigenvalue weighted by atomic mass is 16.6. The molecule has 1 aliphatic rings. The quantitative estimate of drug-likeness (QED) is 0.654. The minimum absolute atomic E-state index is 0.168. The Balaban J connectivity index is 2.07. The maximum Gasteiger partial charge on any atom is 0.271 e. The molecule has 1 saturated heterocycles. The van der Waals surface area contributed by atoms with Crippen LogP contribution in [0, 0.1) is 16.0 Å². The molecule has 104 valence electrons. The number of piperidine rings is 1. The fourth-order valence-corrected chi connectivity index (χ4v) is 2.60. The van der Waals surface area contributed by atoms with Gasteiger partial charge < -0.3 is 10.2 Å². The van der Waals surface area contributed by atoms with Crippen LogP contribution in [0.15, 0.2) is 24.3 Å². The van der Waals surface area contributed by atoms with Crippen LogP contribution in [-0.4, -0.2) is 31.1 Å². The molecule has 1 aromatic carbocycles. The summed E-state index contributed by atoms with van der Waals surface area (Å²) in [5.74, 6) is 0.681.